The Kier molecular flexibility index (Phi) is 10.7. The van der Waals surface area contributed by atoms with Gasteiger partial charge in [0.2, 0.25) is 11.8 Å². The number of nitrogens with one attached hydrogen (secondary N) is 2. The average molecular weight is 555 g/mol. The lowest BCUT2D eigenvalue weighted by Gasteiger charge is -2.20. The molecule has 4 rings (SSSR count). The Labute approximate surface area is 243 Å². The molecule has 0 bridgehead atoms. The zero-order valence-corrected chi connectivity index (χ0v) is 24.3. The van der Waals surface area contributed by atoms with Crippen molar-refractivity contribution in [1.29, 1.82) is 0 Å². The number of hydrogen-bond acceptors (Lipinski definition) is 5. The lowest BCUT2D eigenvalue weighted by Crippen LogP contribution is -2.26. The maximum atomic E-state index is 13.5. The number of carbonyl (C=O) groups excluding carboxylic acids is 2. The van der Waals surface area contributed by atoms with E-state index in [9.17, 15) is 9.59 Å². The van der Waals surface area contributed by atoms with E-state index in [2.05, 4.69) is 41.5 Å². The molecule has 0 aromatic heterocycles. The summed E-state index contributed by atoms with van der Waals surface area (Å²) in [5.41, 5.74) is 10.9. The van der Waals surface area contributed by atoms with Gasteiger partial charge in [0, 0.05) is 32.0 Å². The lowest BCUT2D eigenvalue weighted by molar-refractivity contribution is -0.117. The van der Waals surface area contributed by atoms with Crippen molar-refractivity contribution in [2.24, 2.45) is 0 Å². The van der Waals surface area contributed by atoms with Crippen LogP contribution in [-0.4, -0.2) is 49.6 Å². The smallest absolute Gasteiger partial charge is 0.248 e. The van der Waals surface area contributed by atoms with Gasteiger partial charge in [0.25, 0.3) is 0 Å². The molecule has 1 saturated heterocycles. The monoisotopic (exact) mass is 554 g/mol. The Balaban J connectivity index is 1.42. The van der Waals surface area contributed by atoms with Crippen molar-refractivity contribution in [3.05, 3.63) is 95.6 Å². The Hall–Kier alpha value is -3.94. The van der Waals surface area contributed by atoms with E-state index in [0.29, 0.717) is 23.4 Å². The standard InChI is InChI=1S/C34H42N4O3/c1-24(2)26-15-17-28(18-16-26)36-34(40)30(7-6-21-38-22-20-29(23-38)41-3)27-13-10-25(11-14-27)12-19-33(39)37-32-9-5-4-8-31(32)35/h4-5,8-19,24,29-30H,6-7,20-23,35H2,1-3H3,(H,36,40)(H,37,39). The highest BCUT2D eigenvalue weighted by Crippen LogP contribution is 2.26. The second kappa shape index (κ2) is 14.6. The van der Waals surface area contributed by atoms with Crippen LogP contribution in [0.1, 0.15) is 61.6 Å². The first kappa shape index (κ1) is 30.0. The van der Waals surface area contributed by atoms with Crippen LogP contribution < -0.4 is 16.4 Å². The van der Waals surface area contributed by atoms with Gasteiger partial charge in [-0.1, -0.05) is 62.4 Å². The van der Waals surface area contributed by atoms with Crippen molar-refractivity contribution >= 4 is 35.0 Å². The summed E-state index contributed by atoms with van der Waals surface area (Å²) in [6, 6.07) is 23.1. The van der Waals surface area contributed by atoms with Crippen LogP contribution in [0.25, 0.3) is 6.08 Å². The normalized spacial score (nSPS) is 16.2. The zero-order chi connectivity index (χ0) is 29.2. The van der Waals surface area contributed by atoms with Crippen molar-refractivity contribution < 1.29 is 14.3 Å². The Morgan fingerprint density at radius 1 is 1.00 bits per heavy atom. The average Bonchev–Trinajstić information content (AvgIpc) is 3.44. The molecule has 1 aliphatic heterocycles. The minimum Gasteiger partial charge on any atom is -0.397 e. The van der Waals surface area contributed by atoms with Gasteiger partial charge >= 0.3 is 0 Å². The molecule has 3 aromatic rings. The molecule has 0 aliphatic carbocycles. The number of amides is 2. The summed E-state index contributed by atoms with van der Waals surface area (Å²) in [5.74, 6) is -0.124. The summed E-state index contributed by atoms with van der Waals surface area (Å²) in [7, 11) is 1.77. The maximum Gasteiger partial charge on any atom is 0.248 e. The van der Waals surface area contributed by atoms with E-state index in [1.807, 2.05) is 48.5 Å². The van der Waals surface area contributed by atoms with Crippen LogP contribution in [0.4, 0.5) is 17.1 Å². The number of nitrogens with two attached hydrogens (primary N) is 1. The molecule has 216 valence electrons. The molecule has 1 aliphatic rings. The van der Waals surface area contributed by atoms with Gasteiger partial charge in [-0.15, -0.1) is 0 Å². The van der Waals surface area contributed by atoms with Crippen LogP contribution in [0.15, 0.2) is 78.9 Å². The summed E-state index contributed by atoms with van der Waals surface area (Å²) in [6.07, 6.45) is 6.23. The van der Waals surface area contributed by atoms with E-state index in [-0.39, 0.29) is 17.7 Å². The molecule has 0 saturated carbocycles. The van der Waals surface area contributed by atoms with Gasteiger partial charge in [0.15, 0.2) is 0 Å². The number of methoxy groups -OCH3 is 1. The fourth-order valence-electron chi connectivity index (χ4n) is 5.14. The first-order valence-electron chi connectivity index (χ1n) is 14.4. The van der Waals surface area contributed by atoms with Gasteiger partial charge in [-0.25, -0.2) is 0 Å². The summed E-state index contributed by atoms with van der Waals surface area (Å²) < 4.78 is 5.50. The molecule has 41 heavy (non-hydrogen) atoms. The molecule has 2 amide bonds. The number of ether oxygens (including phenoxy) is 1. The fourth-order valence-corrected chi connectivity index (χ4v) is 5.14. The van der Waals surface area contributed by atoms with E-state index >= 15 is 0 Å². The van der Waals surface area contributed by atoms with Crippen LogP contribution in [0, 0.1) is 0 Å². The van der Waals surface area contributed by atoms with Crippen LogP contribution in [-0.2, 0) is 14.3 Å². The van der Waals surface area contributed by atoms with E-state index < -0.39 is 0 Å². The van der Waals surface area contributed by atoms with Gasteiger partial charge in [-0.3, -0.25) is 9.59 Å². The summed E-state index contributed by atoms with van der Waals surface area (Å²) in [6.45, 7) is 7.23. The second-order valence-corrected chi connectivity index (χ2v) is 11.0. The number of hydrogen-bond donors (Lipinski definition) is 3. The minimum absolute atomic E-state index is 0.0124. The summed E-state index contributed by atoms with van der Waals surface area (Å²) in [4.78, 5) is 28.3. The number of carbonyl (C=O) groups is 2. The third-order valence-corrected chi connectivity index (χ3v) is 7.68. The van der Waals surface area contributed by atoms with E-state index in [4.69, 9.17) is 10.5 Å². The predicted octanol–water partition coefficient (Wildman–Crippen LogP) is 6.27. The highest BCUT2D eigenvalue weighted by molar-refractivity contribution is 6.03. The van der Waals surface area contributed by atoms with Crippen molar-refractivity contribution in [3.63, 3.8) is 0 Å². The quantitative estimate of drug-likeness (QED) is 0.181. The van der Waals surface area contributed by atoms with Gasteiger partial charge in [0.05, 0.1) is 23.4 Å². The highest BCUT2D eigenvalue weighted by atomic mass is 16.5. The number of nitrogens with zero attached hydrogens (tertiary/aromatic N) is 1. The Bertz CT molecular complexity index is 1320. The van der Waals surface area contributed by atoms with Gasteiger partial charge in [-0.2, -0.15) is 0 Å². The number of para-hydroxylation sites is 2. The van der Waals surface area contributed by atoms with Crippen molar-refractivity contribution in [1.82, 2.24) is 4.90 Å². The molecular weight excluding hydrogens is 512 g/mol. The number of rotatable bonds is 12. The van der Waals surface area contributed by atoms with Crippen LogP contribution in [0.5, 0.6) is 0 Å². The zero-order valence-electron chi connectivity index (χ0n) is 24.3. The minimum atomic E-state index is -0.289. The summed E-state index contributed by atoms with van der Waals surface area (Å²) in [5, 5.41) is 5.93. The van der Waals surface area contributed by atoms with Gasteiger partial charge < -0.3 is 26.0 Å². The summed E-state index contributed by atoms with van der Waals surface area (Å²) >= 11 is 0. The van der Waals surface area contributed by atoms with Crippen LogP contribution >= 0.6 is 0 Å². The van der Waals surface area contributed by atoms with Crippen molar-refractivity contribution in [3.8, 4) is 0 Å². The number of nitrogen functional groups attached to an aromatic ring is 1. The molecule has 7 nitrogen and oxygen atoms in total. The topological polar surface area (TPSA) is 96.7 Å². The molecule has 1 fully saturated rings. The maximum absolute atomic E-state index is 13.5. The van der Waals surface area contributed by atoms with Crippen LogP contribution in [0.2, 0.25) is 0 Å². The molecule has 7 heteroatoms. The molecule has 2 atom stereocenters. The third kappa shape index (κ3) is 8.77. The molecule has 3 aromatic carbocycles. The van der Waals surface area contributed by atoms with E-state index in [0.717, 1.165) is 55.7 Å². The Morgan fingerprint density at radius 3 is 2.37 bits per heavy atom. The van der Waals surface area contributed by atoms with Crippen molar-refractivity contribution in [2.75, 3.05) is 43.1 Å². The highest BCUT2D eigenvalue weighted by Gasteiger charge is 2.24. The van der Waals surface area contributed by atoms with Gasteiger partial charge in [-0.05, 0) is 78.8 Å². The van der Waals surface area contributed by atoms with E-state index in [1.54, 1.807) is 25.3 Å². The first-order chi connectivity index (χ1) is 19.8. The number of likely N-dealkylation sites (tertiary alicyclic amines) is 1. The Morgan fingerprint density at radius 2 is 1.71 bits per heavy atom. The number of benzene rings is 3. The molecule has 0 spiro atoms. The first-order valence-corrected chi connectivity index (χ1v) is 14.4. The van der Waals surface area contributed by atoms with Gasteiger partial charge in [0.1, 0.15) is 0 Å². The molecule has 2 unspecified atom stereocenters. The number of anilines is 3. The largest absolute Gasteiger partial charge is 0.397 e. The predicted molar refractivity (Wildman–Crippen MR) is 168 cm³/mol. The van der Waals surface area contributed by atoms with Crippen molar-refractivity contribution in [2.45, 2.75) is 51.0 Å². The third-order valence-electron chi connectivity index (χ3n) is 7.68. The lowest BCUT2D eigenvalue weighted by atomic mass is 9.92. The fraction of sp³-hybridized carbons (Fsp3) is 0.353. The SMILES string of the molecule is COC1CCN(CCCC(C(=O)Nc2ccc(C(C)C)cc2)c2ccc(C=CC(=O)Nc3ccccc3N)cc2)C1. The molecule has 4 N–H and O–H groups in total. The molecule has 1 heterocycles. The second-order valence-electron chi connectivity index (χ2n) is 11.0. The molecule has 0 radical (unpaired) electrons. The van der Waals surface area contributed by atoms with E-state index in [1.165, 1.54) is 11.6 Å². The van der Waals surface area contributed by atoms with Crippen LogP contribution in [0.3, 0.4) is 0 Å². The molecular formula is C34H42N4O3.